The van der Waals surface area contributed by atoms with Gasteiger partial charge in [0.05, 0.1) is 0 Å². The van der Waals surface area contributed by atoms with Crippen molar-refractivity contribution >= 4 is 11.8 Å². The van der Waals surface area contributed by atoms with E-state index in [1.807, 2.05) is 11.8 Å². The summed E-state index contributed by atoms with van der Waals surface area (Å²) >= 11 is 2.03. The standard InChI is InChI=1S/C16H27NS/c1-7-17-15(11-18-16(4,5)6)14-10-8-9-12(2)13(14)3/h8-10,15,17H,7,11H2,1-6H3. The lowest BCUT2D eigenvalue weighted by atomic mass is 9.98. The molecule has 1 aromatic carbocycles. The zero-order valence-corrected chi connectivity index (χ0v) is 13.4. The molecule has 0 aliphatic heterocycles. The van der Waals surface area contributed by atoms with Gasteiger partial charge in [0, 0.05) is 16.5 Å². The number of hydrogen-bond acceptors (Lipinski definition) is 2. The maximum absolute atomic E-state index is 3.62. The SMILES string of the molecule is CCNC(CSC(C)(C)C)c1cccc(C)c1C. The second-order valence-electron chi connectivity index (χ2n) is 5.82. The average molecular weight is 265 g/mol. The van der Waals surface area contributed by atoms with Crippen molar-refractivity contribution in [3.63, 3.8) is 0 Å². The van der Waals surface area contributed by atoms with Gasteiger partial charge in [0.15, 0.2) is 0 Å². The second-order valence-corrected chi connectivity index (χ2v) is 7.67. The largest absolute Gasteiger partial charge is 0.310 e. The normalized spacial score (nSPS) is 13.7. The summed E-state index contributed by atoms with van der Waals surface area (Å²) in [5.74, 6) is 1.13. The molecule has 1 aromatic rings. The monoisotopic (exact) mass is 265 g/mol. The summed E-state index contributed by atoms with van der Waals surface area (Å²) in [5.41, 5.74) is 4.27. The van der Waals surface area contributed by atoms with Crippen molar-refractivity contribution in [2.24, 2.45) is 0 Å². The van der Waals surface area contributed by atoms with E-state index in [1.165, 1.54) is 16.7 Å². The molecule has 0 saturated carbocycles. The van der Waals surface area contributed by atoms with E-state index in [4.69, 9.17) is 0 Å². The van der Waals surface area contributed by atoms with Crippen LogP contribution in [-0.2, 0) is 0 Å². The first-order chi connectivity index (χ1) is 8.35. The maximum atomic E-state index is 3.62. The summed E-state index contributed by atoms with van der Waals surface area (Å²) in [6, 6.07) is 7.08. The molecule has 0 amide bonds. The minimum absolute atomic E-state index is 0.325. The van der Waals surface area contributed by atoms with E-state index in [9.17, 15) is 0 Å². The van der Waals surface area contributed by atoms with Crippen LogP contribution in [0.25, 0.3) is 0 Å². The first kappa shape index (κ1) is 15.6. The van der Waals surface area contributed by atoms with Crippen LogP contribution in [0, 0.1) is 13.8 Å². The summed E-state index contributed by atoms with van der Waals surface area (Å²) in [6.07, 6.45) is 0. The fourth-order valence-electron chi connectivity index (χ4n) is 1.99. The first-order valence-electron chi connectivity index (χ1n) is 6.78. The first-order valence-corrected chi connectivity index (χ1v) is 7.77. The fraction of sp³-hybridized carbons (Fsp3) is 0.625. The second kappa shape index (κ2) is 6.63. The molecule has 0 radical (unpaired) electrons. The molecule has 1 unspecified atom stereocenters. The van der Waals surface area contributed by atoms with Gasteiger partial charge in [-0.25, -0.2) is 0 Å². The van der Waals surface area contributed by atoms with Gasteiger partial charge in [0.25, 0.3) is 0 Å². The minimum Gasteiger partial charge on any atom is -0.310 e. The Balaban J connectivity index is 2.87. The molecular formula is C16H27NS. The van der Waals surface area contributed by atoms with Crippen molar-refractivity contribution in [3.8, 4) is 0 Å². The highest BCUT2D eigenvalue weighted by Crippen LogP contribution is 2.30. The van der Waals surface area contributed by atoms with Crippen molar-refractivity contribution in [2.45, 2.75) is 52.3 Å². The Morgan fingerprint density at radius 1 is 1.22 bits per heavy atom. The Morgan fingerprint density at radius 3 is 2.44 bits per heavy atom. The molecule has 1 atom stereocenters. The topological polar surface area (TPSA) is 12.0 Å². The smallest absolute Gasteiger partial charge is 0.0414 e. The summed E-state index contributed by atoms with van der Waals surface area (Å²) in [4.78, 5) is 0. The van der Waals surface area contributed by atoms with Crippen LogP contribution in [0.15, 0.2) is 18.2 Å². The lowest BCUT2D eigenvalue weighted by Crippen LogP contribution is -2.25. The predicted molar refractivity (Wildman–Crippen MR) is 84.5 cm³/mol. The predicted octanol–water partition coefficient (Wildman–Crippen LogP) is 4.49. The maximum Gasteiger partial charge on any atom is 0.0414 e. The van der Waals surface area contributed by atoms with Crippen LogP contribution in [0.3, 0.4) is 0 Å². The fourth-order valence-corrected chi connectivity index (χ4v) is 2.95. The lowest BCUT2D eigenvalue weighted by molar-refractivity contribution is 0.600. The molecule has 0 spiro atoms. The Morgan fingerprint density at radius 2 is 1.89 bits per heavy atom. The van der Waals surface area contributed by atoms with Crippen LogP contribution in [0.4, 0.5) is 0 Å². The molecule has 0 aliphatic carbocycles. The highest BCUT2D eigenvalue weighted by molar-refractivity contribution is 8.00. The van der Waals surface area contributed by atoms with Gasteiger partial charge in [0.1, 0.15) is 0 Å². The summed E-state index contributed by atoms with van der Waals surface area (Å²) < 4.78 is 0.325. The molecule has 1 N–H and O–H groups in total. The summed E-state index contributed by atoms with van der Waals surface area (Å²) in [5, 5.41) is 3.62. The van der Waals surface area contributed by atoms with E-state index in [2.05, 4.69) is 65.1 Å². The van der Waals surface area contributed by atoms with Crippen LogP contribution in [0.2, 0.25) is 0 Å². The molecule has 0 fully saturated rings. The van der Waals surface area contributed by atoms with Gasteiger partial charge in [-0.2, -0.15) is 11.8 Å². The third-order valence-corrected chi connectivity index (χ3v) is 4.52. The van der Waals surface area contributed by atoms with Gasteiger partial charge in [-0.05, 0) is 37.1 Å². The zero-order valence-electron chi connectivity index (χ0n) is 12.6. The van der Waals surface area contributed by atoms with Gasteiger partial charge in [-0.3, -0.25) is 0 Å². The molecular weight excluding hydrogens is 238 g/mol. The quantitative estimate of drug-likeness (QED) is 0.842. The van der Waals surface area contributed by atoms with E-state index in [1.54, 1.807) is 0 Å². The summed E-state index contributed by atoms with van der Waals surface area (Å²) in [7, 11) is 0. The van der Waals surface area contributed by atoms with E-state index in [-0.39, 0.29) is 0 Å². The van der Waals surface area contributed by atoms with Gasteiger partial charge >= 0.3 is 0 Å². The van der Waals surface area contributed by atoms with Crippen molar-refractivity contribution in [3.05, 3.63) is 34.9 Å². The molecule has 2 heteroatoms. The van der Waals surface area contributed by atoms with Crippen molar-refractivity contribution in [1.29, 1.82) is 0 Å². The molecule has 0 bridgehead atoms. The third-order valence-electron chi connectivity index (χ3n) is 3.16. The number of hydrogen-bond donors (Lipinski definition) is 1. The van der Waals surface area contributed by atoms with E-state index in [0.717, 1.165) is 12.3 Å². The van der Waals surface area contributed by atoms with E-state index < -0.39 is 0 Å². The molecule has 0 saturated heterocycles. The van der Waals surface area contributed by atoms with Crippen LogP contribution in [0.1, 0.15) is 50.4 Å². The highest BCUT2D eigenvalue weighted by atomic mass is 32.2. The molecule has 1 rings (SSSR count). The molecule has 0 aromatic heterocycles. The number of thioether (sulfide) groups is 1. The van der Waals surface area contributed by atoms with Crippen molar-refractivity contribution in [2.75, 3.05) is 12.3 Å². The Labute approximate surface area is 117 Å². The average Bonchev–Trinajstić information content (AvgIpc) is 2.27. The number of aryl methyl sites for hydroxylation is 1. The number of benzene rings is 1. The third kappa shape index (κ3) is 4.66. The van der Waals surface area contributed by atoms with Crippen molar-refractivity contribution in [1.82, 2.24) is 5.32 Å². The van der Waals surface area contributed by atoms with Crippen molar-refractivity contribution < 1.29 is 0 Å². The van der Waals surface area contributed by atoms with Gasteiger partial charge in [-0.1, -0.05) is 45.9 Å². The van der Waals surface area contributed by atoms with E-state index in [0.29, 0.717) is 10.8 Å². The van der Waals surface area contributed by atoms with Gasteiger partial charge < -0.3 is 5.32 Å². The van der Waals surface area contributed by atoms with Gasteiger partial charge in [0.2, 0.25) is 0 Å². The molecule has 18 heavy (non-hydrogen) atoms. The van der Waals surface area contributed by atoms with Crippen LogP contribution < -0.4 is 5.32 Å². The van der Waals surface area contributed by atoms with E-state index >= 15 is 0 Å². The Kier molecular flexibility index (Phi) is 5.74. The minimum atomic E-state index is 0.325. The van der Waals surface area contributed by atoms with Crippen LogP contribution >= 0.6 is 11.8 Å². The molecule has 0 heterocycles. The van der Waals surface area contributed by atoms with Crippen LogP contribution in [-0.4, -0.2) is 17.0 Å². The summed E-state index contributed by atoms with van der Waals surface area (Å²) in [6.45, 7) is 14.5. The highest BCUT2D eigenvalue weighted by Gasteiger charge is 2.18. The van der Waals surface area contributed by atoms with Gasteiger partial charge in [-0.15, -0.1) is 0 Å². The van der Waals surface area contributed by atoms with Crippen LogP contribution in [0.5, 0.6) is 0 Å². The number of rotatable bonds is 5. The molecule has 1 nitrogen and oxygen atoms in total. The molecule has 0 aliphatic rings. The lowest BCUT2D eigenvalue weighted by Gasteiger charge is -2.25. The zero-order chi connectivity index (χ0) is 13.8. The molecule has 102 valence electrons. The Hall–Kier alpha value is -0.470. The number of nitrogens with one attached hydrogen (secondary N) is 1. The Bertz CT molecular complexity index is 379.